The summed E-state index contributed by atoms with van der Waals surface area (Å²) in [6.07, 6.45) is 4.31. The van der Waals surface area contributed by atoms with Gasteiger partial charge in [-0.1, -0.05) is 37.1 Å². The molecule has 3 N–H and O–H groups in total. The van der Waals surface area contributed by atoms with Crippen LogP contribution < -0.4 is 0 Å². The van der Waals surface area contributed by atoms with Crippen LogP contribution in [-0.4, -0.2) is 21.1 Å². The molecule has 0 aliphatic heterocycles. The number of carbonyl (C=O) groups is 1. The van der Waals surface area contributed by atoms with Gasteiger partial charge in [0.1, 0.15) is 22.8 Å². The predicted octanol–water partition coefficient (Wildman–Crippen LogP) is 4.66. The third-order valence-electron chi connectivity index (χ3n) is 3.82. The molecule has 0 spiro atoms. The molecule has 0 unspecified atom stereocenters. The van der Waals surface area contributed by atoms with Gasteiger partial charge in [-0.2, -0.15) is 0 Å². The zero-order valence-electron chi connectivity index (χ0n) is 15.4. The van der Waals surface area contributed by atoms with Crippen molar-refractivity contribution in [3.05, 3.63) is 40.0 Å². The molecule has 0 saturated carbocycles. The number of phenols is 3. The van der Waals surface area contributed by atoms with Gasteiger partial charge in [-0.3, -0.25) is 4.79 Å². The fourth-order valence-corrected chi connectivity index (χ4v) is 2.34. The standard InChI is InChI=1S/C20H28O4/c1-11(2)7-9-14-18(22)15(10-8-12(3)4)20(24)16(19(14)23)17(21)13(5)6/h7-8,13,22-24H,9-10H2,1-6H3. The molecule has 1 aromatic carbocycles. The van der Waals surface area contributed by atoms with Crippen LogP contribution in [0.5, 0.6) is 17.2 Å². The van der Waals surface area contributed by atoms with Crippen molar-refractivity contribution in [2.45, 2.75) is 54.4 Å². The van der Waals surface area contributed by atoms with E-state index in [0.29, 0.717) is 12.8 Å². The molecule has 0 radical (unpaired) electrons. The molecule has 0 saturated heterocycles. The SMILES string of the molecule is CC(C)=CCc1c(O)c(CC=C(C)C)c(O)c(C(=O)C(C)C)c1O. The van der Waals surface area contributed by atoms with Crippen LogP contribution in [0.2, 0.25) is 0 Å². The highest BCUT2D eigenvalue weighted by atomic mass is 16.3. The molecule has 1 rings (SSSR count). The summed E-state index contributed by atoms with van der Waals surface area (Å²) in [7, 11) is 0. The smallest absolute Gasteiger partial charge is 0.172 e. The fraction of sp³-hybridized carbons (Fsp3) is 0.450. The van der Waals surface area contributed by atoms with E-state index >= 15 is 0 Å². The van der Waals surface area contributed by atoms with Gasteiger partial charge in [0.05, 0.1) is 0 Å². The lowest BCUT2D eigenvalue weighted by atomic mass is 9.90. The second-order valence-electron chi connectivity index (χ2n) is 6.87. The first-order chi connectivity index (χ1) is 11.1. The van der Waals surface area contributed by atoms with Crippen molar-refractivity contribution in [2.24, 2.45) is 5.92 Å². The minimum atomic E-state index is -0.376. The Labute approximate surface area is 144 Å². The highest BCUT2D eigenvalue weighted by molar-refractivity contribution is 6.03. The van der Waals surface area contributed by atoms with Crippen molar-refractivity contribution in [1.29, 1.82) is 0 Å². The van der Waals surface area contributed by atoms with Crippen LogP contribution in [0.15, 0.2) is 23.3 Å². The Hall–Kier alpha value is -2.23. The molecule has 0 heterocycles. The van der Waals surface area contributed by atoms with Gasteiger partial charge in [-0.05, 0) is 40.5 Å². The minimum absolute atomic E-state index is 0.0999. The average Bonchev–Trinajstić information content (AvgIpc) is 2.45. The Bertz CT molecular complexity index is 639. The van der Waals surface area contributed by atoms with Crippen LogP contribution in [0.4, 0.5) is 0 Å². The molecular formula is C20H28O4. The Balaban J connectivity index is 3.67. The largest absolute Gasteiger partial charge is 0.507 e. The lowest BCUT2D eigenvalue weighted by Crippen LogP contribution is -2.10. The number of hydrogen-bond acceptors (Lipinski definition) is 4. The molecule has 0 fully saturated rings. The molecular weight excluding hydrogens is 304 g/mol. The first kappa shape index (κ1) is 19.8. The molecule has 0 bridgehead atoms. The predicted molar refractivity (Wildman–Crippen MR) is 96.9 cm³/mol. The quantitative estimate of drug-likeness (QED) is 0.523. The van der Waals surface area contributed by atoms with Crippen molar-refractivity contribution in [1.82, 2.24) is 0 Å². The molecule has 0 aromatic heterocycles. The van der Waals surface area contributed by atoms with Gasteiger partial charge >= 0.3 is 0 Å². The van der Waals surface area contributed by atoms with E-state index in [9.17, 15) is 20.1 Å². The highest BCUT2D eigenvalue weighted by Crippen LogP contribution is 2.43. The maximum atomic E-state index is 12.4. The molecule has 132 valence electrons. The summed E-state index contributed by atoms with van der Waals surface area (Å²) in [4.78, 5) is 12.4. The van der Waals surface area contributed by atoms with E-state index in [1.807, 2.05) is 39.8 Å². The van der Waals surface area contributed by atoms with E-state index in [2.05, 4.69) is 0 Å². The van der Waals surface area contributed by atoms with E-state index in [-0.39, 0.29) is 45.6 Å². The lowest BCUT2D eigenvalue weighted by Gasteiger charge is -2.18. The van der Waals surface area contributed by atoms with Crippen molar-refractivity contribution in [3.8, 4) is 17.2 Å². The summed E-state index contributed by atoms with van der Waals surface area (Å²) in [6, 6.07) is 0. The number of Topliss-reactive ketones (excluding diaryl/α,β-unsaturated/α-hetero) is 1. The Morgan fingerprint density at radius 1 is 0.833 bits per heavy atom. The Kier molecular flexibility index (Phi) is 6.64. The second-order valence-corrected chi connectivity index (χ2v) is 6.87. The number of ketones is 1. The minimum Gasteiger partial charge on any atom is -0.507 e. The summed E-state index contributed by atoms with van der Waals surface area (Å²) in [5, 5.41) is 31.5. The van der Waals surface area contributed by atoms with Crippen molar-refractivity contribution in [3.63, 3.8) is 0 Å². The normalized spacial score (nSPS) is 10.6. The van der Waals surface area contributed by atoms with Gasteiger partial charge < -0.3 is 15.3 Å². The third-order valence-corrected chi connectivity index (χ3v) is 3.82. The van der Waals surface area contributed by atoms with Crippen molar-refractivity contribution >= 4 is 5.78 Å². The number of phenolic OH excluding ortho intramolecular Hbond substituents is 3. The van der Waals surface area contributed by atoms with Crippen LogP contribution in [0.1, 0.15) is 63.0 Å². The average molecular weight is 332 g/mol. The van der Waals surface area contributed by atoms with Crippen LogP contribution in [-0.2, 0) is 12.8 Å². The molecule has 0 aliphatic rings. The van der Waals surface area contributed by atoms with E-state index < -0.39 is 0 Å². The van der Waals surface area contributed by atoms with Gasteiger partial charge in [0.15, 0.2) is 5.78 Å². The summed E-state index contributed by atoms with van der Waals surface area (Å²) >= 11 is 0. The molecule has 0 atom stereocenters. The van der Waals surface area contributed by atoms with Crippen molar-refractivity contribution < 1.29 is 20.1 Å². The van der Waals surface area contributed by atoms with Gasteiger partial charge in [-0.25, -0.2) is 0 Å². The number of carbonyl (C=O) groups excluding carboxylic acids is 1. The maximum absolute atomic E-state index is 12.4. The molecule has 1 aromatic rings. The lowest BCUT2D eigenvalue weighted by molar-refractivity contribution is 0.0933. The number of rotatable bonds is 6. The Morgan fingerprint density at radius 3 is 1.50 bits per heavy atom. The number of allylic oxidation sites excluding steroid dienone is 4. The zero-order valence-corrected chi connectivity index (χ0v) is 15.4. The number of benzene rings is 1. The second kappa shape index (κ2) is 8.04. The third kappa shape index (κ3) is 4.40. The van der Waals surface area contributed by atoms with Gasteiger partial charge in [0.25, 0.3) is 0 Å². The first-order valence-corrected chi connectivity index (χ1v) is 8.17. The summed E-state index contributed by atoms with van der Waals surface area (Å²) in [6.45, 7) is 11.1. The molecule has 4 heteroatoms. The molecule has 0 amide bonds. The Morgan fingerprint density at radius 2 is 1.21 bits per heavy atom. The van der Waals surface area contributed by atoms with E-state index in [0.717, 1.165) is 11.1 Å². The molecule has 0 aliphatic carbocycles. The molecule has 24 heavy (non-hydrogen) atoms. The molecule has 4 nitrogen and oxygen atoms in total. The van der Waals surface area contributed by atoms with Gasteiger partial charge in [0.2, 0.25) is 0 Å². The fourth-order valence-electron chi connectivity index (χ4n) is 2.34. The summed E-state index contributed by atoms with van der Waals surface area (Å²) < 4.78 is 0. The zero-order chi connectivity index (χ0) is 18.6. The van der Waals surface area contributed by atoms with Crippen LogP contribution in [0.25, 0.3) is 0 Å². The maximum Gasteiger partial charge on any atom is 0.172 e. The monoisotopic (exact) mass is 332 g/mol. The van der Waals surface area contributed by atoms with E-state index in [1.165, 1.54) is 0 Å². The topological polar surface area (TPSA) is 77.8 Å². The van der Waals surface area contributed by atoms with Gasteiger partial charge in [0, 0.05) is 17.0 Å². The van der Waals surface area contributed by atoms with Crippen LogP contribution >= 0.6 is 0 Å². The van der Waals surface area contributed by atoms with Crippen molar-refractivity contribution in [2.75, 3.05) is 0 Å². The van der Waals surface area contributed by atoms with E-state index in [1.54, 1.807) is 13.8 Å². The summed E-state index contributed by atoms with van der Waals surface area (Å²) in [5.41, 5.74) is 2.51. The van der Waals surface area contributed by atoms with E-state index in [4.69, 9.17) is 0 Å². The number of hydrogen-bond donors (Lipinski definition) is 3. The first-order valence-electron chi connectivity index (χ1n) is 8.17. The van der Waals surface area contributed by atoms with Gasteiger partial charge in [-0.15, -0.1) is 0 Å². The van der Waals surface area contributed by atoms with Crippen LogP contribution in [0.3, 0.4) is 0 Å². The van der Waals surface area contributed by atoms with Crippen LogP contribution in [0, 0.1) is 5.92 Å². The summed E-state index contributed by atoms with van der Waals surface area (Å²) in [5.74, 6) is -1.54. The number of aromatic hydroxyl groups is 3. The highest BCUT2D eigenvalue weighted by Gasteiger charge is 2.27.